The number of likely N-dealkylation sites (N-methyl/N-ethyl adjacent to an activating group) is 1. The van der Waals surface area contributed by atoms with Crippen LogP contribution in [-0.2, 0) is 0 Å². The zero-order chi connectivity index (χ0) is 15.2. The van der Waals surface area contributed by atoms with Gasteiger partial charge in [-0.15, -0.1) is 0 Å². The number of nitrogens with two attached hydrogens (primary N) is 1. The van der Waals surface area contributed by atoms with E-state index in [1.807, 2.05) is 0 Å². The van der Waals surface area contributed by atoms with Gasteiger partial charge in [-0.1, -0.05) is 26.7 Å². The van der Waals surface area contributed by atoms with Gasteiger partial charge in [0, 0.05) is 32.2 Å². The minimum Gasteiger partial charge on any atom is -0.329 e. The lowest BCUT2D eigenvalue weighted by atomic mass is 10.1. The van der Waals surface area contributed by atoms with E-state index in [1.165, 1.54) is 45.2 Å². The molecule has 20 heavy (non-hydrogen) atoms. The van der Waals surface area contributed by atoms with E-state index in [9.17, 15) is 0 Å². The molecule has 0 rings (SSSR count). The molecule has 0 aromatic heterocycles. The van der Waals surface area contributed by atoms with Crippen LogP contribution in [0.5, 0.6) is 0 Å². The van der Waals surface area contributed by atoms with Crippen molar-refractivity contribution in [2.45, 2.75) is 52.0 Å². The summed E-state index contributed by atoms with van der Waals surface area (Å²) in [4.78, 5) is 4.76. The van der Waals surface area contributed by atoms with Gasteiger partial charge in [0.2, 0.25) is 0 Å². The van der Waals surface area contributed by atoms with Crippen LogP contribution in [0.1, 0.15) is 46.0 Å². The quantitative estimate of drug-likeness (QED) is 0.478. The van der Waals surface area contributed by atoms with Gasteiger partial charge in [0.1, 0.15) is 0 Å². The van der Waals surface area contributed by atoms with Gasteiger partial charge in [-0.3, -0.25) is 0 Å². The molecule has 0 fully saturated rings. The zero-order valence-electron chi connectivity index (χ0n) is 14.3. The largest absolute Gasteiger partial charge is 0.329 e. The summed E-state index contributed by atoms with van der Waals surface area (Å²) in [6.07, 6.45) is 6.46. The fraction of sp³-hybridized carbons (Fsp3) is 1.00. The Morgan fingerprint density at radius 2 is 1.65 bits per heavy atom. The van der Waals surface area contributed by atoms with Crippen molar-refractivity contribution < 1.29 is 0 Å². The van der Waals surface area contributed by atoms with E-state index in [-0.39, 0.29) is 0 Å². The lowest BCUT2D eigenvalue weighted by molar-refractivity contribution is 0.287. The highest BCUT2D eigenvalue weighted by Crippen LogP contribution is 2.02. The summed E-state index contributed by atoms with van der Waals surface area (Å²) in [6.45, 7) is 10.9. The van der Waals surface area contributed by atoms with Gasteiger partial charge in [-0.2, -0.15) is 0 Å². The average molecular weight is 287 g/mol. The molecule has 0 aromatic carbocycles. The summed E-state index contributed by atoms with van der Waals surface area (Å²) < 4.78 is 0. The van der Waals surface area contributed by atoms with E-state index in [1.54, 1.807) is 0 Å². The first kappa shape index (κ1) is 19.8. The van der Waals surface area contributed by atoms with Crippen LogP contribution in [0.25, 0.3) is 0 Å². The molecule has 0 aliphatic rings. The molecular weight excluding hydrogens is 248 g/mol. The van der Waals surface area contributed by atoms with Gasteiger partial charge in [-0.25, -0.2) is 0 Å². The van der Waals surface area contributed by atoms with E-state index in [0.717, 1.165) is 26.2 Å². The number of nitrogens with one attached hydrogen (secondary N) is 1. The third-order valence-corrected chi connectivity index (χ3v) is 3.93. The van der Waals surface area contributed by atoms with E-state index < -0.39 is 0 Å². The first-order valence-corrected chi connectivity index (χ1v) is 8.44. The molecule has 0 amide bonds. The minimum atomic E-state index is 0.648. The Labute approximate surface area is 127 Å². The third-order valence-electron chi connectivity index (χ3n) is 3.93. The predicted octanol–water partition coefficient (Wildman–Crippen LogP) is 1.76. The second-order valence-electron chi connectivity index (χ2n) is 5.95. The Hall–Kier alpha value is -0.160. The first-order valence-electron chi connectivity index (χ1n) is 8.44. The lowest BCUT2D eigenvalue weighted by Crippen LogP contribution is -2.38. The standard InChI is InChI=1S/C16H38N4/c1-5-7-8-12-19(3)13-9-16(6-2)18-11-15-20(4)14-10-17/h16,18H,5-15,17H2,1-4H3. The van der Waals surface area contributed by atoms with Crippen molar-refractivity contribution in [3.05, 3.63) is 0 Å². The molecule has 0 aliphatic carbocycles. The average Bonchev–Trinajstić information content (AvgIpc) is 2.43. The Balaban J connectivity index is 3.64. The van der Waals surface area contributed by atoms with E-state index in [2.05, 4.69) is 43.1 Å². The van der Waals surface area contributed by atoms with Gasteiger partial charge < -0.3 is 20.9 Å². The molecular formula is C16H38N4. The van der Waals surface area contributed by atoms with Crippen molar-refractivity contribution in [1.82, 2.24) is 15.1 Å². The van der Waals surface area contributed by atoms with E-state index >= 15 is 0 Å². The van der Waals surface area contributed by atoms with Gasteiger partial charge in [0.15, 0.2) is 0 Å². The Morgan fingerprint density at radius 3 is 2.25 bits per heavy atom. The molecule has 0 spiro atoms. The Kier molecular flexibility index (Phi) is 13.7. The number of hydrogen-bond acceptors (Lipinski definition) is 4. The van der Waals surface area contributed by atoms with Crippen LogP contribution in [0, 0.1) is 0 Å². The Bertz CT molecular complexity index is 199. The second-order valence-corrected chi connectivity index (χ2v) is 5.95. The van der Waals surface area contributed by atoms with Crippen molar-refractivity contribution in [1.29, 1.82) is 0 Å². The summed E-state index contributed by atoms with van der Waals surface area (Å²) in [5, 5.41) is 3.67. The number of nitrogens with zero attached hydrogens (tertiary/aromatic N) is 2. The maximum absolute atomic E-state index is 5.55. The Morgan fingerprint density at radius 1 is 0.950 bits per heavy atom. The molecule has 122 valence electrons. The van der Waals surface area contributed by atoms with Gasteiger partial charge >= 0.3 is 0 Å². The molecule has 0 saturated heterocycles. The summed E-state index contributed by atoms with van der Waals surface area (Å²) in [7, 11) is 4.38. The molecule has 0 aliphatic heterocycles. The predicted molar refractivity (Wildman–Crippen MR) is 90.3 cm³/mol. The molecule has 1 unspecified atom stereocenters. The zero-order valence-corrected chi connectivity index (χ0v) is 14.3. The highest BCUT2D eigenvalue weighted by molar-refractivity contribution is 4.68. The molecule has 0 aromatic rings. The summed E-state index contributed by atoms with van der Waals surface area (Å²) in [5.41, 5.74) is 5.55. The van der Waals surface area contributed by atoms with E-state index in [0.29, 0.717) is 6.04 Å². The topological polar surface area (TPSA) is 44.5 Å². The van der Waals surface area contributed by atoms with Crippen LogP contribution < -0.4 is 11.1 Å². The van der Waals surface area contributed by atoms with Crippen molar-refractivity contribution in [3.63, 3.8) is 0 Å². The van der Waals surface area contributed by atoms with Crippen molar-refractivity contribution in [2.75, 3.05) is 53.4 Å². The molecule has 4 heteroatoms. The SMILES string of the molecule is CCCCCN(C)CCC(CC)NCCN(C)CCN. The smallest absolute Gasteiger partial charge is 0.0104 e. The molecule has 0 radical (unpaired) electrons. The first-order chi connectivity index (χ1) is 9.63. The minimum absolute atomic E-state index is 0.648. The van der Waals surface area contributed by atoms with Crippen LogP contribution in [0.2, 0.25) is 0 Å². The second kappa shape index (κ2) is 13.8. The summed E-state index contributed by atoms with van der Waals surface area (Å²) in [5.74, 6) is 0. The maximum atomic E-state index is 5.55. The van der Waals surface area contributed by atoms with E-state index in [4.69, 9.17) is 5.73 Å². The summed E-state index contributed by atoms with van der Waals surface area (Å²) >= 11 is 0. The number of unbranched alkanes of at least 4 members (excludes halogenated alkanes) is 2. The third kappa shape index (κ3) is 11.6. The van der Waals surface area contributed by atoms with Crippen LogP contribution in [-0.4, -0.2) is 69.2 Å². The number of hydrogen-bond donors (Lipinski definition) is 2. The lowest BCUT2D eigenvalue weighted by Gasteiger charge is -2.23. The van der Waals surface area contributed by atoms with Crippen molar-refractivity contribution in [2.24, 2.45) is 5.73 Å². The molecule has 1 atom stereocenters. The van der Waals surface area contributed by atoms with Gasteiger partial charge in [0.25, 0.3) is 0 Å². The fourth-order valence-corrected chi connectivity index (χ4v) is 2.36. The number of rotatable bonds is 14. The molecule has 0 bridgehead atoms. The molecule has 3 N–H and O–H groups in total. The van der Waals surface area contributed by atoms with Crippen molar-refractivity contribution in [3.8, 4) is 0 Å². The molecule has 0 saturated carbocycles. The fourth-order valence-electron chi connectivity index (χ4n) is 2.36. The van der Waals surface area contributed by atoms with Gasteiger partial charge in [-0.05, 0) is 46.4 Å². The monoisotopic (exact) mass is 286 g/mol. The molecule has 0 heterocycles. The highest BCUT2D eigenvalue weighted by Gasteiger charge is 2.07. The van der Waals surface area contributed by atoms with Crippen LogP contribution in [0.15, 0.2) is 0 Å². The van der Waals surface area contributed by atoms with Crippen molar-refractivity contribution >= 4 is 0 Å². The van der Waals surface area contributed by atoms with Crippen LogP contribution in [0.3, 0.4) is 0 Å². The molecule has 4 nitrogen and oxygen atoms in total. The summed E-state index contributed by atoms with van der Waals surface area (Å²) in [6, 6.07) is 0.648. The van der Waals surface area contributed by atoms with Gasteiger partial charge in [0.05, 0.1) is 0 Å². The van der Waals surface area contributed by atoms with Crippen LogP contribution >= 0.6 is 0 Å². The normalized spacial score (nSPS) is 13.3. The maximum Gasteiger partial charge on any atom is 0.0104 e. The highest BCUT2D eigenvalue weighted by atomic mass is 15.1. The van der Waals surface area contributed by atoms with Crippen LogP contribution in [0.4, 0.5) is 0 Å².